The fourth-order valence-corrected chi connectivity index (χ4v) is 3.02. The second kappa shape index (κ2) is 4.86. The molecule has 3 nitrogen and oxygen atoms in total. The Morgan fingerprint density at radius 2 is 2.38 bits per heavy atom. The molecule has 1 aliphatic heterocycles. The Morgan fingerprint density at radius 3 is 2.77 bits per heavy atom. The zero-order valence-electron chi connectivity index (χ0n) is 7.77. The van der Waals surface area contributed by atoms with Crippen LogP contribution in [0.15, 0.2) is 0 Å². The predicted octanol–water partition coefficient (Wildman–Crippen LogP) is 1.21. The topological polar surface area (TPSA) is 57.5 Å². The third-order valence-corrected chi connectivity index (χ3v) is 3.81. The van der Waals surface area contributed by atoms with Gasteiger partial charge in [0.25, 0.3) is 0 Å². The van der Waals surface area contributed by atoms with Crippen molar-refractivity contribution in [2.75, 3.05) is 11.5 Å². The van der Waals surface area contributed by atoms with Gasteiger partial charge in [-0.3, -0.25) is 4.79 Å². The van der Waals surface area contributed by atoms with Gasteiger partial charge in [0.1, 0.15) is 0 Å². The van der Waals surface area contributed by atoms with E-state index in [1.165, 1.54) is 0 Å². The Balaban J connectivity index is 2.51. The van der Waals surface area contributed by atoms with Gasteiger partial charge in [-0.2, -0.15) is 11.8 Å². The molecule has 0 aromatic heterocycles. The molecule has 0 saturated carbocycles. The quantitative estimate of drug-likeness (QED) is 0.722. The standard InChI is InChI=1S/C9H16O3S/c1-2-7(9(11)12)8(10)6-3-4-13-5-6/h6-8,10H,2-5H2,1H3,(H,11,12). The molecule has 13 heavy (non-hydrogen) atoms. The van der Waals surface area contributed by atoms with Gasteiger partial charge in [0.05, 0.1) is 12.0 Å². The van der Waals surface area contributed by atoms with Crippen LogP contribution < -0.4 is 0 Å². The highest BCUT2D eigenvalue weighted by atomic mass is 32.2. The van der Waals surface area contributed by atoms with Gasteiger partial charge in [-0.05, 0) is 30.3 Å². The maximum Gasteiger partial charge on any atom is 0.309 e. The van der Waals surface area contributed by atoms with Crippen LogP contribution in [0.4, 0.5) is 0 Å². The average Bonchev–Trinajstić information content (AvgIpc) is 2.56. The van der Waals surface area contributed by atoms with Gasteiger partial charge >= 0.3 is 5.97 Å². The lowest BCUT2D eigenvalue weighted by molar-refractivity contribution is -0.147. The first kappa shape index (κ1) is 10.9. The van der Waals surface area contributed by atoms with Crippen LogP contribution in [0.3, 0.4) is 0 Å². The molecule has 2 N–H and O–H groups in total. The number of thioether (sulfide) groups is 1. The van der Waals surface area contributed by atoms with Crippen molar-refractivity contribution >= 4 is 17.7 Å². The Kier molecular flexibility index (Phi) is 4.06. The number of carboxylic acids is 1. The van der Waals surface area contributed by atoms with Crippen LogP contribution in [-0.4, -0.2) is 33.8 Å². The van der Waals surface area contributed by atoms with E-state index < -0.39 is 18.0 Å². The zero-order valence-corrected chi connectivity index (χ0v) is 8.59. The fraction of sp³-hybridized carbons (Fsp3) is 0.889. The van der Waals surface area contributed by atoms with Crippen molar-refractivity contribution in [3.63, 3.8) is 0 Å². The van der Waals surface area contributed by atoms with E-state index in [1.807, 2.05) is 6.92 Å². The van der Waals surface area contributed by atoms with Crippen molar-refractivity contribution < 1.29 is 15.0 Å². The molecule has 76 valence electrons. The number of hydrogen-bond acceptors (Lipinski definition) is 3. The van der Waals surface area contributed by atoms with Gasteiger partial charge in [0.2, 0.25) is 0 Å². The molecule has 3 atom stereocenters. The van der Waals surface area contributed by atoms with Crippen molar-refractivity contribution in [3.8, 4) is 0 Å². The van der Waals surface area contributed by atoms with Gasteiger partial charge < -0.3 is 10.2 Å². The van der Waals surface area contributed by atoms with Crippen molar-refractivity contribution in [3.05, 3.63) is 0 Å². The predicted molar refractivity (Wildman–Crippen MR) is 52.9 cm³/mol. The first-order chi connectivity index (χ1) is 6.16. The number of carbonyl (C=O) groups is 1. The van der Waals surface area contributed by atoms with Gasteiger partial charge in [0.15, 0.2) is 0 Å². The lowest BCUT2D eigenvalue weighted by Crippen LogP contribution is -2.34. The molecule has 0 aromatic carbocycles. The smallest absolute Gasteiger partial charge is 0.309 e. The van der Waals surface area contributed by atoms with E-state index in [2.05, 4.69) is 0 Å². The molecule has 0 spiro atoms. The largest absolute Gasteiger partial charge is 0.481 e. The number of aliphatic carboxylic acids is 1. The Labute approximate surface area is 82.5 Å². The van der Waals surface area contributed by atoms with E-state index in [1.54, 1.807) is 11.8 Å². The molecule has 0 radical (unpaired) electrons. The summed E-state index contributed by atoms with van der Waals surface area (Å²) in [6.45, 7) is 1.81. The van der Waals surface area contributed by atoms with Crippen molar-refractivity contribution in [1.82, 2.24) is 0 Å². The summed E-state index contributed by atoms with van der Waals surface area (Å²) in [5.74, 6) is 0.699. The number of carboxylic acid groups (broad SMARTS) is 1. The van der Waals surface area contributed by atoms with Crippen LogP contribution in [0.2, 0.25) is 0 Å². The molecule has 0 aromatic rings. The highest BCUT2D eigenvalue weighted by Gasteiger charge is 2.33. The molecule has 0 amide bonds. The van der Waals surface area contributed by atoms with E-state index in [0.717, 1.165) is 17.9 Å². The molecular formula is C9H16O3S. The third-order valence-electron chi connectivity index (χ3n) is 2.62. The maximum atomic E-state index is 10.8. The molecule has 0 aliphatic carbocycles. The minimum atomic E-state index is -0.869. The van der Waals surface area contributed by atoms with Crippen LogP contribution in [0.1, 0.15) is 19.8 Å². The summed E-state index contributed by atoms with van der Waals surface area (Å²) in [6.07, 6.45) is 0.810. The lowest BCUT2D eigenvalue weighted by atomic mass is 9.89. The van der Waals surface area contributed by atoms with Crippen LogP contribution in [0.5, 0.6) is 0 Å². The van der Waals surface area contributed by atoms with Crippen molar-refractivity contribution in [1.29, 1.82) is 0 Å². The second-order valence-corrected chi connectivity index (χ2v) is 4.62. The summed E-state index contributed by atoms with van der Waals surface area (Å²) < 4.78 is 0. The Hall–Kier alpha value is -0.220. The summed E-state index contributed by atoms with van der Waals surface area (Å²) in [5.41, 5.74) is 0. The monoisotopic (exact) mass is 204 g/mol. The number of aliphatic hydroxyl groups is 1. The van der Waals surface area contributed by atoms with E-state index in [9.17, 15) is 9.90 Å². The second-order valence-electron chi connectivity index (χ2n) is 3.47. The molecule has 3 unspecified atom stereocenters. The average molecular weight is 204 g/mol. The molecule has 0 bridgehead atoms. The van der Waals surface area contributed by atoms with Gasteiger partial charge in [0, 0.05) is 0 Å². The number of rotatable bonds is 4. The lowest BCUT2D eigenvalue weighted by Gasteiger charge is -2.22. The fourth-order valence-electron chi connectivity index (χ4n) is 1.71. The third kappa shape index (κ3) is 2.61. The Bertz CT molecular complexity index is 178. The molecule has 1 saturated heterocycles. The van der Waals surface area contributed by atoms with Crippen molar-refractivity contribution in [2.24, 2.45) is 11.8 Å². The molecule has 1 aliphatic rings. The minimum Gasteiger partial charge on any atom is -0.481 e. The van der Waals surface area contributed by atoms with E-state index in [-0.39, 0.29) is 5.92 Å². The first-order valence-electron chi connectivity index (χ1n) is 4.65. The first-order valence-corrected chi connectivity index (χ1v) is 5.81. The van der Waals surface area contributed by atoms with Crippen LogP contribution in [0.25, 0.3) is 0 Å². The van der Waals surface area contributed by atoms with E-state index in [0.29, 0.717) is 6.42 Å². The molecular weight excluding hydrogens is 188 g/mol. The van der Waals surface area contributed by atoms with Crippen LogP contribution in [0, 0.1) is 11.8 Å². The highest BCUT2D eigenvalue weighted by molar-refractivity contribution is 7.99. The molecule has 1 fully saturated rings. The summed E-state index contributed by atoms with van der Waals surface area (Å²) in [7, 11) is 0. The molecule has 4 heteroatoms. The SMILES string of the molecule is CCC(C(=O)O)C(O)C1CCSC1. The van der Waals surface area contributed by atoms with Gasteiger partial charge in [-0.25, -0.2) is 0 Å². The van der Waals surface area contributed by atoms with Gasteiger partial charge in [-0.1, -0.05) is 6.92 Å². The van der Waals surface area contributed by atoms with Crippen LogP contribution >= 0.6 is 11.8 Å². The highest BCUT2D eigenvalue weighted by Crippen LogP contribution is 2.30. The molecule has 1 rings (SSSR count). The summed E-state index contributed by atoms with van der Waals surface area (Å²) >= 11 is 1.80. The van der Waals surface area contributed by atoms with Crippen LogP contribution in [-0.2, 0) is 4.79 Å². The summed E-state index contributed by atoms with van der Waals surface area (Å²) in [5, 5.41) is 18.6. The summed E-state index contributed by atoms with van der Waals surface area (Å²) in [6, 6.07) is 0. The number of aliphatic hydroxyl groups excluding tert-OH is 1. The maximum absolute atomic E-state index is 10.8. The minimum absolute atomic E-state index is 0.186. The zero-order chi connectivity index (χ0) is 9.84. The van der Waals surface area contributed by atoms with Crippen molar-refractivity contribution in [2.45, 2.75) is 25.9 Å². The van der Waals surface area contributed by atoms with E-state index >= 15 is 0 Å². The number of hydrogen-bond donors (Lipinski definition) is 2. The summed E-state index contributed by atoms with van der Waals surface area (Å²) in [4.78, 5) is 10.8. The Morgan fingerprint density at radius 1 is 1.69 bits per heavy atom. The normalized spacial score (nSPS) is 27.1. The molecule has 1 heterocycles. The van der Waals surface area contributed by atoms with E-state index in [4.69, 9.17) is 5.11 Å². The van der Waals surface area contributed by atoms with Gasteiger partial charge in [-0.15, -0.1) is 0 Å².